The van der Waals surface area contributed by atoms with Crippen LogP contribution in [0.3, 0.4) is 0 Å². The first-order valence-corrected chi connectivity index (χ1v) is 9.30. The summed E-state index contributed by atoms with van der Waals surface area (Å²) in [6.07, 6.45) is 5.08. The zero-order valence-corrected chi connectivity index (χ0v) is 14.1. The minimum atomic E-state index is -3.49. The van der Waals surface area contributed by atoms with Gasteiger partial charge in [0.15, 0.2) is 0 Å². The predicted octanol–water partition coefficient (Wildman–Crippen LogP) is 2.14. The third-order valence-electron chi connectivity index (χ3n) is 5.49. The second-order valence-electron chi connectivity index (χ2n) is 6.87. The van der Waals surface area contributed by atoms with Crippen molar-refractivity contribution in [2.75, 3.05) is 0 Å². The quantitative estimate of drug-likeness (QED) is 0.926. The lowest BCUT2D eigenvalue weighted by Gasteiger charge is -2.28. The summed E-state index contributed by atoms with van der Waals surface area (Å²) in [5, 5.41) is 4.22. The Morgan fingerprint density at radius 2 is 2.00 bits per heavy atom. The largest absolute Gasteiger partial charge is 0.271 e. The van der Waals surface area contributed by atoms with E-state index in [2.05, 4.69) is 9.82 Å². The highest BCUT2D eigenvalue weighted by Crippen LogP contribution is 2.49. The van der Waals surface area contributed by atoms with E-state index in [0.29, 0.717) is 28.1 Å². The normalized spacial score (nSPS) is 30.0. The van der Waals surface area contributed by atoms with Crippen LogP contribution in [0.15, 0.2) is 4.90 Å². The SMILES string of the molecule is Cc1nn(C)c(C)c1S(=O)(=O)N[C@H](C)[C@H]1C[C@H]2CC[C@H]1C2. The summed E-state index contributed by atoms with van der Waals surface area (Å²) >= 11 is 0. The highest BCUT2D eigenvalue weighted by molar-refractivity contribution is 7.89. The molecule has 1 aromatic heterocycles. The summed E-state index contributed by atoms with van der Waals surface area (Å²) in [6, 6.07) is 0.00399. The molecular formula is C15H25N3O2S. The van der Waals surface area contributed by atoms with E-state index < -0.39 is 10.0 Å². The number of sulfonamides is 1. The van der Waals surface area contributed by atoms with Crippen LogP contribution in [0.2, 0.25) is 0 Å². The van der Waals surface area contributed by atoms with E-state index in [1.165, 1.54) is 25.7 Å². The van der Waals surface area contributed by atoms with Gasteiger partial charge in [-0.25, -0.2) is 13.1 Å². The van der Waals surface area contributed by atoms with E-state index >= 15 is 0 Å². The molecule has 6 heteroatoms. The molecule has 2 saturated carbocycles. The van der Waals surface area contributed by atoms with Crippen molar-refractivity contribution in [3.63, 3.8) is 0 Å². The number of hydrogen-bond donors (Lipinski definition) is 1. The first-order chi connectivity index (χ1) is 9.79. The van der Waals surface area contributed by atoms with Crippen molar-refractivity contribution < 1.29 is 8.42 Å². The fourth-order valence-corrected chi connectivity index (χ4v) is 6.17. The lowest BCUT2D eigenvalue weighted by molar-refractivity contribution is 0.280. The van der Waals surface area contributed by atoms with Gasteiger partial charge in [-0.05, 0) is 57.8 Å². The van der Waals surface area contributed by atoms with Crippen molar-refractivity contribution in [3.05, 3.63) is 11.4 Å². The van der Waals surface area contributed by atoms with Gasteiger partial charge in [0.25, 0.3) is 0 Å². The van der Waals surface area contributed by atoms with Gasteiger partial charge in [-0.2, -0.15) is 5.10 Å². The summed E-state index contributed by atoms with van der Waals surface area (Å²) in [5.41, 5.74) is 1.27. The van der Waals surface area contributed by atoms with Gasteiger partial charge in [-0.15, -0.1) is 0 Å². The first kappa shape index (κ1) is 15.0. The Hall–Kier alpha value is -0.880. The molecule has 0 amide bonds. The first-order valence-electron chi connectivity index (χ1n) is 7.82. The fourth-order valence-electron chi connectivity index (χ4n) is 4.44. The second-order valence-corrected chi connectivity index (χ2v) is 8.52. The minimum Gasteiger partial charge on any atom is -0.271 e. The summed E-state index contributed by atoms with van der Waals surface area (Å²) < 4.78 is 29.9. The maximum absolute atomic E-state index is 12.7. The molecule has 0 unspecified atom stereocenters. The van der Waals surface area contributed by atoms with Crippen LogP contribution in [-0.2, 0) is 17.1 Å². The van der Waals surface area contributed by atoms with E-state index in [4.69, 9.17) is 0 Å². The molecule has 0 spiro atoms. The summed E-state index contributed by atoms with van der Waals surface area (Å²) in [4.78, 5) is 0.347. The Balaban J connectivity index is 1.80. The molecule has 4 atom stereocenters. The maximum Gasteiger partial charge on any atom is 0.244 e. The number of rotatable bonds is 4. The number of nitrogens with zero attached hydrogens (tertiary/aromatic N) is 2. The number of aromatic nitrogens is 2. The predicted molar refractivity (Wildman–Crippen MR) is 81.4 cm³/mol. The van der Waals surface area contributed by atoms with Gasteiger partial charge in [0.2, 0.25) is 10.0 Å². The monoisotopic (exact) mass is 311 g/mol. The van der Waals surface area contributed by atoms with E-state index in [9.17, 15) is 8.42 Å². The molecule has 0 saturated heterocycles. The third kappa shape index (κ3) is 2.52. The van der Waals surface area contributed by atoms with Gasteiger partial charge in [-0.3, -0.25) is 4.68 Å². The maximum atomic E-state index is 12.7. The molecule has 0 aromatic carbocycles. The van der Waals surface area contributed by atoms with Gasteiger partial charge in [0.1, 0.15) is 4.90 Å². The molecule has 1 aromatic rings. The Kier molecular flexibility index (Phi) is 3.64. The average Bonchev–Trinajstić information content (AvgIpc) is 3.04. The molecule has 118 valence electrons. The van der Waals surface area contributed by atoms with Gasteiger partial charge in [0, 0.05) is 13.1 Å². The van der Waals surface area contributed by atoms with Crippen LogP contribution >= 0.6 is 0 Å². The number of nitrogens with one attached hydrogen (secondary N) is 1. The lowest BCUT2D eigenvalue weighted by atomic mass is 9.84. The van der Waals surface area contributed by atoms with Crippen LogP contribution in [0.25, 0.3) is 0 Å². The van der Waals surface area contributed by atoms with Crippen molar-refractivity contribution in [3.8, 4) is 0 Å². The molecule has 1 heterocycles. The molecule has 0 aliphatic heterocycles. The number of aryl methyl sites for hydroxylation is 2. The van der Waals surface area contributed by atoms with E-state index in [0.717, 1.165) is 5.92 Å². The van der Waals surface area contributed by atoms with Crippen molar-refractivity contribution >= 4 is 10.0 Å². The molecule has 1 N–H and O–H groups in total. The van der Waals surface area contributed by atoms with Gasteiger partial charge >= 0.3 is 0 Å². The summed E-state index contributed by atoms with van der Waals surface area (Å²) in [7, 11) is -1.71. The van der Waals surface area contributed by atoms with Gasteiger partial charge in [0.05, 0.1) is 11.4 Å². The van der Waals surface area contributed by atoms with Crippen molar-refractivity contribution in [1.82, 2.24) is 14.5 Å². The van der Waals surface area contributed by atoms with Crippen LogP contribution in [-0.4, -0.2) is 24.2 Å². The molecule has 5 nitrogen and oxygen atoms in total. The third-order valence-corrected chi connectivity index (χ3v) is 7.30. The van der Waals surface area contributed by atoms with Crippen LogP contribution < -0.4 is 4.72 Å². The molecule has 21 heavy (non-hydrogen) atoms. The molecule has 2 aliphatic carbocycles. The lowest BCUT2D eigenvalue weighted by Crippen LogP contribution is -2.40. The average molecular weight is 311 g/mol. The highest BCUT2D eigenvalue weighted by Gasteiger charge is 2.43. The smallest absolute Gasteiger partial charge is 0.244 e. The Labute approximate surface area is 127 Å². The molecule has 3 rings (SSSR count). The molecular weight excluding hydrogens is 286 g/mol. The van der Waals surface area contributed by atoms with E-state index in [1.807, 2.05) is 6.92 Å². The zero-order chi connectivity index (χ0) is 15.4. The van der Waals surface area contributed by atoms with Crippen molar-refractivity contribution in [2.45, 2.75) is 57.4 Å². The van der Waals surface area contributed by atoms with Crippen LogP contribution in [0.5, 0.6) is 0 Å². The molecule has 2 bridgehead atoms. The van der Waals surface area contributed by atoms with Crippen LogP contribution in [0.4, 0.5) is 0 Å². The number of hydrogen-bond acceptors (Lipinski definition) is 3. The van der Waals surface area contributed by atoms with Crippen LogP contribution in [0, 0.1) is 31.6 Å². The standard InChI is InChI=1S/C15H25N3O2S/c1-9(14-8-12-5-6-13(14)7-12)17-21(19,20)15-10(2)16-18(4)11(15)3/h9,12-14,17H,5-8H2,1-4H3/t9-,12+,13+,14-/m1/s1. The number of fused-ring (bicyclic) bond motifs is 2. The Morgan fingerprint density at radius 1 is 1.29 bits per heavy atom. The van der Waals surface area contributed by atoms with E-state index in [1.54, 1.807) is 25.6 Å². The molecule has 2 aliphatic rings. The minimum absolute atomic E-state index is 0.00399. The summed E-state index contributed by atoms with van der Waals surface area (Å²) in [6.45, 7) is 5.57. The van der Waals surface area contributed by atoms with Crippen molar-refractivity contribution in [1.29, 1.82) is 0 Å². The Bertz CT molecular complexity index is 650. The fraction of sp³-hybridized carbons (Fsp3) is 0.800. The Morgan fingerprint density at radius 3 is 2.48 bits per heavy atom. The molecule has 2 fully saturated rings. The van der Waals surface area contributed by atoms with Crippen molar-refractivity contribution in [2.24, 2.45) is 24.8 Å². The second kappa shape index (κ2) is 5.09. The highest BCUT2D eigenvalue weighted by atomic mass is 32.2. The summed E-state index contributed by atoms with van der Waals surface area (Å²) in [5.74, 6) is 2.04. The van der Waals surface area contributed by atoms with Gasteiger partial charge < -0.3 is 0 Å². The van der Waals surface area contributed by atoms with E-state index in [-0.39, 0.29) is 6.04 Å². The molecule has 0 radical (unpaired) electrons. The van der Waals surface area contributed by atoms with Gasteiger partial charge in [-0.1, -0.05) is 6.42 Å². The zero-order valence-electron chi connectivity index (χ0n) is 13.3. The van der Waals surface area contributed by atoms with Crippen LogP contribution in [0.1, 0.15) is 44.0 Å². The topological polar surface area (TPSA) is 64.0 Å².